The number of nitrogens with zero attached hydrogens (tertiary/aromatic N) is 3. The minimum Gasteiger partial charge on any atom is -0.353 e. The van der Waals surface area contributed by atoms with Gasteiger partial charge in [-0.15, -0.1) is 0 Å². The first-order valence-corrected chi connectivity index (χ1v) is 8.02. The Bertz CT molecular complexity index is 568. The largest absolute Gasteiger partial charge is 0.353 e. The summed E-state index contributed by atoms with van der Waals surface area (Å²) < 4.78 is 5.98. The van der Waals surface area contributed by atoms with Crippen LogP contribution in [-0.4, -0.2) is 41.5 Å². The van der Waals surface area contributed by atoms with Crippen LogP contribution in [0.1, 0.15) is 19.3 Å². The summed E-state index contributed by atoms with van der Waals surface area (Å²) in [5, 5.41) is 1.32. The van der Waals surface area contributed by atoms with Gasteiger partial charge in [-0.1, -0.05) is 18.6 Å². The normalized spacial score (nSPS) is 21.8. The first-order chi connectivity index (χ1) is 9.42. The van der Waals surface area contributed by atoms with Crippen molar-refractivity contribution < 1.29 is 0 Å². The van der Waals surface area contributed by atoms with Crippen molar-refractivity contribution in [2.45, 2.75) is 25.3 Å². The zero-order valence-electron chi connectivity index (χ0n) is 11.1. The zero-order chi connectivity index (χ0) is 12.7. The zero-order valence-corrected chi connectivity index (χ0v) is 11.9. The van der Waals surface area contributed by atoms with Crippen molar-refractivity contribution in [2.75, 3.05) is 31.1 Å². The van der Waals surface area contributed by atoms with Crippen LogP contribution in [0.4, 0.5) is 5.82 Å². The molecule has 2 fully saturated rings. The Morgan fingerprint density at radius 1 is 1.05 bits per heavy atom. The molecule has 100 valence electrons. The summed E-state index contributed by atoms with van der Waals surface area (Å²) in [6.45, 7) is 4.67. The highest BCUT2D eigenvalue weighted by molar-refractivity contribution is 7.13. The van der Waals surface area contributed by atoms with Crippen LogP contribution in [0.2, 0.25) is 0 Å². The lowest BCUT2D eigenvalue weighted by Gasteiger charge is -2.43. The van der Waals surface area contributed by atoms with Gasteiger partial charge in [0, 0.05) is 37.6 Å². The van der Waals surface area contributed by atoms with Crippen molar-refractivity contribution in [1.29, 1.82) is 0 Å². The number of anilines is 1. The van der Waals surface area contributed by atoms with E-state index in [1.165, 1.54) is 48.3 Å². The number of fused-ring (bicyclic) bond motifs is 1. The second kappa shape index (κ2) is 4.76. The van der Waals surface area contributed by atoms with Crippen molar-refractivity contribution in [2.24, 2.45) is 0 Å². The van der Waals surface area contributed by atoms with Gasteiger partial charge in [0.2, 0.25) is 0 Å². The number of piperazine rings is 1. The van der Waals surface area contributed by atoms with Gasteiger partial charge in [0.1, 0.15) is 5.82 Å². The summed E-state index contributed by atoms with van der Waals surface area (Å²) in [7, 11) is 0. The third-order valence-electron chi connectivity index (χ3n) is 4.56. The molecule has 0 atom stereocenters. The predicted molar refractivity (Wildman–Crippen MR) is 81.0 cm³/mol. The minimum absolute atomic E-state index is 0.884. The van der Waals surface area contributed by atoms with Gasteiger partial charge in [0.05, 0.1) is 4.70 Å². The molecule has 3 nitrogen and oxygen atoms in total. The Labute approximate surface area is 118 Å². The maximum Gasteiger partial charge on any atom is 0.150 e. The van der Waals surface area contributed by atoms with Gasteiger partial charge in [-0.3, -0.25) is 4.90 Å². The average molecular weight is 273 g/mol. The summed E-state index contributed by atoms with van der Waals surface area (Å²) in [5.41, 5.74) is 0. The van der Waals surface area contributed by atoms with Gasteiger partial charge in [-0.05, 0) is 36.5 Å². The van der Waals surface area contributed by atoms with E-state index in [-0.39, 0.29) is 0 Å². The molecule has 19 heavy (non-hydrogen) atoms. The molecule has 0 radical (unpaired) electrons. The lowest BCUT2D eigenvalue weighted by atomic mass is 9.91. The smallest absolute Gasteiger partial charge is 0.150 e. The molecule has 2 aromatic rings. The van der Waals surface area contributed by atoms with Gasteiger partial charge in [0.25, 0.3) is 0 Å². The second-order valence-electron chi connectivity index (χ2n) is 5.61. The lowest BCUT2D eigenvalue weighted by molar-refractivity contribution is 0.120. The molecule has 1 aromatic carbocycles. The van der Waals surface area contributed by atoms with Crippen molar-refractivity contribution in [1.82, 2.24) is 9.27 Å². The number of benzene rings is 1. The monoisotopic (exact) mass is 273 g/mol. The molecular formula is C15H19N3S. The molecule has 0 N–H and O–H groups in total. The average Bonchev–Trinajstić information content (AvgIpc) is 2.82. The number of hydrogen-bond acceptors (Lipinski definition) is 4. The van der Waals surface area contributed by atoms with E-state index in [1.54, 1.807) is 11.5 Å². The molecule has 0 spiro atoms. The first-order valence-electron chi connectivity index (χ1n) is 7.25. The molecule has 1 aromatic heterocycles. The lowest BCUT2D eigenvalue weighted by Crippen LogP contribution is -2.52. The van der Waals surface area contributed by atoms with E-state index in [4.69, 9.17) is 0 Å². The van der Waals surface area contributed by atoms with Crippen molar-refractivity contribution in [3.05, 3.63) is 24.3 Å². The third kappa shape index (κ3) is 2.03. The van der Waals surface area contributed by atoms with E-state index in [9.17, 15) is 0 Å². The van der Waals surface area contributed by atoms with E-state index < -0.39 is 0 Å². The van der Waals surface area contributed by atoms with E-state index in [2.05, 4.69) is 38.4 Å². The molecule has 1 aliphatic carbocycles. The summed E-state index contributed by atoms with van der Waals surface area (Å²) in [5.74, 6) is 1.20. The Balaban J connectivity index is 1.51. The van der Waals surface area contributed by atoms with E-state index in [1.807, 2.05) is 0 Å². The van der Waals surface area contributed by atoms with E-state index in [0.29, 0.717) is 0 Å². The highest BCUT2D eigenvalue weighted by Crippen LogP contribution is 2.31. The van der Waals surface area contributed by atoms with Crippen LogP contribution in [0.15, 0.2) is 24.3 Å². The van der Waals surface area contributed by atoms with Crippen LogP contribution in [0.25, 0.3) is 10.1 Å². The molecule has 2 aliphatic rings. The van der Waals surface area contributed by atoms with Crippen molar-refractivity contribution >= 4 is 27.4 Å². The summed E-state index contributed by atoms with van der Waals surface area (Å²) in [6.07, 6.45) is 4.26. The van der Waals surface area contributed by atoms with Crippen LogP contribution in [0, 0.1) is 0 Å². The van der Waals surface area contributed by atoms with Crippen LogP contribution in [0.5, 0.6) is 0 Å². The minimum atomic E-state index is 0.884. The van der Waals surface area contributed by atoms with Gasteiger partial charge >= 0.3 is 0 Å². The fourth-order valence-electron chi connectivity index (χ4n) is 3.15. The second-order valence-corrected chi connectivity index (χ2v) is 6.42. The summed E-state index contributed by atoms with van der Waals surface area (Å²) in [4.78, 5) is 5.14. The molecule has 0 bridgehead atoms. The van der Waals surface area contributed by atoms with Crippen LogP contribution in [0.3, 0.4) is 0 Å². The predicted octanol–water partition coefficient (Wildman–Crippen LogP) is 2.97. The van der Waals surface area contributed by atoms with Crippen LogP contribution >= 0.6 is 11.5 Å². The topological polar surface area (TPSA) is 19.4 Å². The molecule has 1 saturated heterocycles. The summed E-state index contributed by atoms with van der Waals surface area (Å²) in [6, 6.07) is 9.46. The van der Waals surface area contributed by atoms with Gasteiger partial charge in [0.15, 0.2) is 0 Å². The molecule has 0 amide bonds. The molecule has 1 saturated carbocycles. The number of rotatable bonds is 2. The Morgan fingerprint density at radius 2 is 1.84 bits per heavy atom. The highest BCUT2D eigenvalue weighted by atomic mass is 32.1. The third-order valence-corrected chi connectivity index (χ3v) is 5.38. The fraction of sp³-hybridized carbons (Fsp3) is 0.533. The standard InChI is InChI=1S/C15H19N3S/c1-2-7-14-13(6-1)15(16-19-14)18-10-8-17(9-11-18)12-4-3-5-12/h1-2,6-7,12H,3-5,8-11H2. The van der Waals surface area contributed by atoms with Gasteiger partial charge < -0.3 is 4.90 Å². The molecule has 4 rings (SSSR count). The van der Waals surface area contributed by atoms with Gasteiger partial charge in [-0.2, -0.15) is 4.37 Å². The van der Waals surface area contributed by atoms with Crippen molar-refractivity contribution in [3.8, 4) is 0 Å². The fourth-order valence-corrected chi connectivity index (χ4v) is 3.95. The summed E-state index contributed by atoms with van der Waals surface area (Å²) >= 11 is 1.63. The Hall–Kier alpha value is -1.13. The maximum absolute atomic E-state index is 4.67. The Morgan fingerprint density at radius 3 is 2.58 bits per heavy atom. The van der Waals surface area contributed by atoms with Crippen LogP contribution < -0.4 is 4.90 Å². The first kappa shape index (κ1) is 11.7. The van der Waals surface area contributed by atoms with Crippen LogP contribution in [-0.2, 0) is 0 Å². The maximum atomic E-state index is 4.67. The van der Waals surface area contributed by atoms with E-state index in [0.717, 1.165) is 19.1 Å². The Kier molecular flexibility index (Phi) is 2.93. The number of hydrogen-bond donors (Lipinski definition) is 0. The highest BCUT2D eigenvalue weighted by Gasteiger charge is 2.28. The quantitative estimate of drug-likeness (QED) is 0.838. The van der Waals surface area contributed by atoms with E-state index >= 15 is 0 Å². The van der Waals surface area contributed by atoms with Crippen molar-refractivity contribution in [3.63, 3.8) is 0 Å². The molecule has 2 heterocycles. The molecule has 1 aliphatic heterocycles. The molecular weight excluding hydrogens is 254 g/mol. The molecule has 0 unspecified atom stereocenters. The number of aromatic nitrogens is 1. The molecule has 4 heteroatoms. The van der Waals surface area contributed by atoms with Gasteiger partial charge in [-0.25, -0.2) is 0 Å². The SMILES string of the molecule is c1ccc2c(N3CCN(C4CCC4)CC3)nsc2c1.